The van der Waals surface area contributed by atoms with Crippen LogP contribution in [-0.4, -0.2) is 25.2 Å². The van der Waals surface area contributed by atoms with Crippen molar-refractivity contribution >= 4 is 17.2 Å². The first-order chi connectivity index (χ1) is 15.4. The van der Waals surface area contributed by atoms with Crippen LogP contribution in [-0.2, 0) is 4.79 Å². The van der Waals surface area contributed by atoms with Crippen LogP contribution in [0.3, 0.4) is 0 Å². The molecule has 1 atom stereocenters. The number of carbonyl (C=O) groups is 1. The van der Waals surface area contributed by atoms with Gasteiger partial charge >= 0.3 is 0 Å². The Kier molecular flexibility index (Phi) is 5.91. The van der Waals surface area contributed by atoms with Gasteiger partial charge in [0.25, 0.3) is 5.91 Å². The van der Waals surface area contributed by atoms with Crippen molar-refractivity contribution in [3.05, 3.63) is 95.2 Å². The fourth-order valence-corrected chi connectivity index (χ4v) is 4.06. The number of ether oxygens (including phenoxy) is 2. The molecule has 3 aromatic rings. The smallest absolute Gasteiger partial charge is 0.294 e. The van der Waals surface area contributed by atoms with Gasteiger partial charge in [0.15, 0.2) is 5.76 Å². The largest absolute Gasteiger partial charge is 0.503 e. The molecular weight excluding hydrogens is 402 g/mol. The molecule has 0 bridgehead atoms. The first kappa shape index (κ1) is 21.5. The molecule has 3 aromatic carbocycles. The molecule has 4 rings (SSSR count). The number of aliphatic hydroxyl groups is 1. The van der Waals surface area contributed by atoms with Gasteiger partial charge in [-0.3, -0.25) is 9.69 Å². The summed E-state index contributed by atoms with van der Waals surface area (Å²) in [7, 11) is 3.21. The number of rotatable bonds is 6. The molecule has 1 amide bonds. The zero-order valence-corrected chi connectivity index (χ0v) is 18.7. The minimum atomic E-state index is -0.467. The van der Waals surface area contributed by atoms with Crippen molar-refractivity contribution in [3.63, 3.8) is 0 Å². The summed E-state index contributed by atoms with van der Waals surface area (Å²) in [5.74, 6) is 1.13. The number of nitrogens with zero attached hydrogens (tertiary/aromatic N) is 1. The summed E-state index contributed by atoms with van der Waals surface area (Å²) in [6.45, 7) is 4.29. The maximum absolute atomic E-state index is 13.3. The van der Waals surface area contributed by atoms with E-state index in [2.05, 4.69) is 26.0 Å². The molecule has 0 spiro atoms. The topological polar surface area (TPSA) is 59.0 Å². The van der Waals surface area contributed by atoms with Crippen molar-refractivity contribution in [3.8, 4) is 11.5 Å². The molecule has 5 nitrogen and oxygen atoms in total. The Morgan fingerprint density at radius 1 is 0.812 bits per heavy atom. The first-order valence-corrected chi connectivity index (χ1v) is 10.6. The first-order valence-electron chi connectivity index (χ1n) is 10.6. The Hall–Kier alpha value is -3.73. The van der Waals surface area contributed by atoms with Gasteiger partial charge in [0.2, 0.25) is 0 Å². The molecule has 0 radical (unpaired) electrons. The molecule has 1 N–H and O–H groups in total. The van der Waals surface area contributed by atoms with E-state index < -0.39 is 11.9 Å². The van der Waals surface area contributed by atoms with Crippen molar-refractivity contribution in [2.75, 3.05) is 19.1 Å². The standard InChI is InChI=1S/C27H27NO4/c1-17(2)18-5-7-20(8-6-18)25-24(19-9-13-22(31-3)14-10-19)26(29)27(30)28(25)21-11-15-23(32-4)16-12-21/h5-17,25,29H,1-4H3. The summed E-state index contributed by atoms with van der Waals surface area (Å²) in [6, 6.07) is 22.4. The SMILES string of the molecule is COc1ccc(C2=C(O)C(=O)N(c3ccc(OC)cc3)C2c2ccc(C(C)C)cc2)cc1. The highest BCUT2D eigenvalue weighted by Gasteiger charge is 2.42. The number of carbonyl (C=O) groups excluding carboxylic acids is 1. The summed E-state index contributed by atoms with van der Waals surface area (Å²) < 4.78 is 10.5. The fraction of sp³-hybridized carbons (Fsp3) is 0.222. The molecule has 0 aromatic heterocycles. The summed E-state index contributed by atoms with van der Waals surface area (Å²) >= 11 is 0. The normalized spacial score (nSPS) is 16.1. The summed E-state index contributed by atoms with van der Waals surface area (Å²) in [5.41, 5.74) is 4.17. The van der Waals surface area contributed by atoms with Crippen LogP contribution in [0.15, 0.2) is 78.6 Å². The van der Waals surface area contributed by atoms with Crippen LogP contribution in [0.2, 0.25) is 0 Å². The van der Waals surface area contributed by atoms with Gasteiger partial charge in [0.05, 0.1) is 20.3 Å². The average Bonchev–Trinajstić information content (AvgIpc) is 3.09. The lowest BCUT2D eigenvalue weighted by atomic mass is 9.91. The van der Waals surface area contributed by atoms with Crippen LogP contribution < -0.4 is 14.4 Å². The highest BCUT2D eigenvalue weighted by atomic mass is 16.5. The monoisotopic (exact) mass is 429 g/mol. The van der Waals surface area contributed by atoms with Gasteiger partial charge in [-0.05, 0) is 59.0 Å². The molecule has 0 saturated carbocycles. The van der Waals surface area contributed by atoms with E-state index in [9.17, 15) is 9.90 Å². The van der Waals surface area contributed by atoms with Gasteiger partial charge in [0.1, 0.15) is 11.5 Å². The van der Waals surface area contributed by atoms with Gasteiger partial charge in [-0.2, -0.15) is 0 Å². The Bertz CT molecular complexity index is 1130. The van der Waals surface area contributed by atoms with E-state index in [1.165, 1.54) is 5.56 Å². The maximum atomic E-state index is 13.3. The van der Waals surface area contributed by atoms with Crippen LogP contribution in [0.25, 0.3) is 5.57 Å². The van der Waals surface area contributed by atoms with Gasteiger partial charge in [-0.1, -0.05) is 50.2 Å². The van der Waals surface area contributed by atoms with Gasteiger partial charge < -0.3 is 14.6 Å². The fourth-order valence-electron chi connectivity index (χ4n) is 4.06. The summed E-state index contributed by atoms with van der Waals surface area (Å²) in [5, 5.41) is 11.0. The van der Waals surface area contributed by atoms with Gasteiger partial charge in [-0.25, -0.2) is 0 Å². The molecule has 0 fully saturated rings. The third kappa shape index (κ3) is 3.82. The van der Waals surface area contributed by atoms with Crippen molar-refractivity contribution in [2.24, 2.45) is 0 Å². The number of aliphatic hydroxyl groups excluding tert-OH is 1. The Morgan fingerprint density at radius 3 is 1.84 bits per heavy atom. The number of methoxy groups -OCH3 is 2. The average molecular weight is 430 g/mol. The van der Waals surface area contributed by atoms with Crippen molar-refractivity contribution in [2.45, 2.75) is 25.8 Å². The molecule has 164 valence electrons. The minimum absolute atomic E-state index is 0.246. The highest BCUT2D eigenvalue weighted by molar-refractivity contribution is 6.16. The highest BCUT2D eigenvalue weighted by Crippen LogP contribution is 2.45. The molecule has 0 aliphatic carbocycles. The number of benzene rings is 3. The second kappa shape index (κ2) is 8.79. The molecule has 1 unspecified atom stereocenters. The lowest BCUT2D eigenvalue weighted by Crippen LogP contribution is -2.30. The zero-order chi connectivity index (χ0) is 22.8. The van der Waals surface area contributed by atoms with Crippen LogP contribution >= 0.6 is 0 Å². The Labute approximate surface area is 188 Å². The van der Waals surface area contributed by atoms with E-state index in [1.54, 1.807) is 19.1 Å². The molecule has 1 aliphatic heterocycles. The number of amides is 1. The van der Waals surface area contributed by atoms with E-state index in [0.29, 0.717) is 28.7 Å². The molecule has 1 heterocycles. The summed E-state index contributed by atoms with van der Waals surface area (Å²) in [4.78, 5) is 14.9. The van der Waals surface area contributed by atoms with Crippen molar-refractivity contribution in [1.82, 2.24) is 0 Å². The second-order valence-electron chi connectivity index (χ2n) is 8.09. The van der Waals surface area contributed by atoms with Gasteiger partial charge in [-0.15, -0.1) is 0 Å². The predicted octanol–water partition coefficient (Wildman–Crippen LogP) is 5.88. The van der Waals surface area contributed by atoms with Gasteiger partial charge in [0, 0.05) is 11.3 Å². The third-order valence-electron chi connectivity index (χ3n) is 5.88. The van der Waals surface area contributed by atoms with E-state index >= 15 is 0 Å². The summed E-state index contributed by atoms with van der Waals surface area (Å²) in [6.07, 6.45) is 0. The quantitative estimate of drug-likeness (QED) is 0.531. The predicted molar refractivity (Wildman–Crippen MR) is 126 cm³/mol. The van der Waals surface area contributed by atoms with Crippen molar-refractivity contribution in [1.29, 1.82) is 0 Å². The Balaban J connectivity index is 1.85. The van der Waals surface area contributed by atoms with Crippen LogP contribution in [0.1, 0.15) is 42.5 Å². The van der Waals surface area contributed by atoms with E-state index in [-0.39, 0.29) is 5.76 Å². The molecule has 32 heavy (non-hydrogen) atoms. The molecular formula is C27H27NO4. The number of hydrogen-bond donors (Lipinski definition) is 1. The molecule has 0 saturated heterocycles. The maximum Gasteiger partial charge on any atom is 0.294 e. The lowest BCUT2D eigenvalue weighted by Gasteiger charge is -2.28. The molecule has 1 aliphatic rings. The third-order valence-corrected chi connectivity index (χ3v) is 5.88. The number of anilines is 1. The van der Waals surface area contributed by atoms with E-state index in [1.807, 2.05) is 60.7 Å². The zero-order valence-electron chi connectivity index (χ0n) is 18.7. The Morgan fingerprint density at radius 2 is 1.34 bits per heavy atom. The van der Waals surface area contributed by atoms with Crippen LogP contribution in [0, 0.1) is 0 Å². The van der Waals surface area contributed by atoms with Crippen LogP contribution in [0.4, 0.5) is 5.69 Å². The van der Waals surface area contributed by atoms with Crippen molar-refractivity contribution < 1.29 is 19.4 Å². The number of hydrogen-bond acceptors (Lipinski definition) is 4. The molecule has 5 heteroatoms. The second-order valence-corrected chi connectivity index (χ2v) is 8.09. The van der Waals surface area contributed by atoms with Crippen LogP contribution in [0.5, 0.6) is 11.5 Å². The minimum Gasteiger partial charge on any atom is -0.503 e. The lowest BCUT2D eigenvalue weighted by molar-refractivity contribution is -0.117. The van der Waals surface area contributed by atoms with E-state index in [4.69, 9.17) is 9.47 Å². The van der Waals surface area contributed by atoms with E-state index in [0.717, 1.165) is 11.1 Å².